The van der Waals surface area contributed by atoms with E-state index in [1.165, 1.54) is 5.56 Å². The summed E-state index contributed by atoms with van der Waals surface area (Å²) < 4.78 is 0. The summed E-state index contributed by atoms with van der Waals surface area (Å²) in [5, 5.41) is 2.95. The first-order chi connectivity index (χ1) is 11.2. The smallest absolute Gasteiger partial charge is 0.241 e. The molecule has 0 bridgehead atoms. The van der Waals surface area contributed by atoms with E-state index >= 15 is 0 Å². The highest BCUT2D eigenvalue weighted by molar-refractivity contribution is 5.97. The third kappa shape index (κ3) is 4.57. The van der Waals surface area contributed by atoms with Gasteiger partial charge in [0.25, 0.3) is 0 Å². The number of nitrogens with zero attached hydrogens (tertiary/aromatic N) is 2. The summed E-state index contributed by atoms with van der Waals surface area (Å²) in [7, 11) is 0. The summed E-state index contributed by atoms with van der Waals surface area (Å²) in [4.78, 5) is 28.7. The van der Waals surface area contributed by atoms with Crippen molar-refractivity contribution in [1.82, 2.24) is 10.2 Å². The van der Waals surface area contributed by atoms with Crippen molar-refractivity contribution >= 4 is 17.5 Å². The standard InChI is InChI=1S/C19H29N3O2/c1-6-21(12-17(23)20-19(3,4)5)13-18(24)22-14(2)11-15-9-7-8-10-16(15)22/h7-10,14H,6,11-13H2,1-5H3,(H,20,23)/t14-/m1/s1. The minimum absolute atomic E-state index is 0.0491. The molecule has 5 heteroatoms. The van der Waals surface area contributed by atoms with Gasteiger partial charge in [-0.2, -0.15) is 0 Å². The number of benzene rings is 1. The number of fused-ring (bicyclic) bond motifs is 1. The van der Waals surface area contributed by atoms with Crippen molar-refractivity contribution in [2.45, 2.75) is 52.6 Å². The SMILES string of the molecule is CCN(CC(=O)NC(C)(C)C)CC(=O)N1c2ccccc2C[C@H]1C. The molecule has 132 valence electrons. The molecule has 0 fully saturated rings. The van der Waals surface area contributed by atoms with Crippen LogP contribution in [0.4, 0.5) is 5.69 Å². The van der Waals surface area contributed by atoms with Crippen LogP contribution in [0.3, 0.4) is 0 Å². The van der Waals surface area contributed by atoms with E-state index in [4.69, 9.17) is 0 Å². The number of hydrogen-bond acceptors (Lipinski definition) is 3. The lowest BCUT2D eigenvalue weighted by molar-refractivity contribution is -0.125. The molecule has 0 saturated carbocycles. The molecule has 1 aliphatic rings. The van der Waals surface area contributed by atoms with Crippen LogP contribution in [0.25, 0.3) is 0 Å². The maximum atomic E-state index is 12.8. The molecule has 2 rings (SSSR count). The van der Waals surface area contributed by atoms with E-state index in [1.54, 1.807) is 0 Å². The molecular formula is C19H29N3O2. The average Bonchev–Trinajstić information content (AvgIpc) is 2.80. The number of amides is 2. The molecule has 0 aromatic heterocycles. The Morgan fingerprint density at radius 2 is 1.92 bits per heavy atom. The van der Waals surface area contributed by atoms with Crippen LogP contribution in [0.2, 0.25) is 0 Å². The Morgan fingerprint density at radius 1 is 1.25 bits per heavy atom. The maximum Gasteiger partial charge on any atom is 0.241 e. The largest absolute Gasteiger partial charge is 0.350 e. The van der Waals surface area contributed by atoms with Crippen molar-refractivity contribution in [3.8, 4) is 0 Å². The molecule has 0 spiro atoms. The number of hydrogen-bond donors (Lipinski definition) is 1. The lowest BCUT2D eigenvalue weighted by atomic mass is 10.1. The molecule has 1 aromatic rings. The lowest BCUT2D eigenvalue weighted by Crippen LogP contribution is -2.49. The fourth-order valence-electron chi connectivity index (χ4n) is 3.15. The fourth-order valence-corrected chi connectivity index (χ4v) is 3.15. The van der Waals surface area contributed by atoms with E-state index in [-0.39, 0.29) is 36.5 Å². The van der Waals surface area contributed by atoms with Crippen LogP contribution >= 0.6 is 0 Å². The van der Waals surface area contributed by atoms with Gasteiger partial charge in [-0.3, -0.25) is 14.5 Å². The predicted molar refractivity (Wildman–Crippen MR) is 97.1 cm³/mol. The van der Waals surface area contributed by atoms with E-state index < -0.39 is 0 Å². The molecule has 0 unspecified atom stereocenters. The van der Waals surface area contributed by atoms with E-state index in [9.17, 15) is 9.59 Å². The topological polar surface area (TPSA) is 52.7 Å². The summed E-state index contributed by atoms with van der Waals surface area (Å²) in [6.07, 6.45) is 0.887. The molecule has 1 aromatic carbocycles. The summed E-state index contributed by atoms with van der Waals surface area (Å²) in [6, 6.07) is 8.21. The molecule has 24 heavy (non-hydrogen) atoms. The molecule has 0 saturated heterocycles. The fraction of sp³-hybridized carbons (Fsp3) is 0.579. The number of likely N-dealkylation sites (N-methyl/N-ethyl adjacent to an activating group) is 1. The summed E-state index contributed by atoms with van der Waals surface area (Å²) in [6.45, 7) is 11.1. The van der Waals surface area contributed by atoms with Gasteiger partial charge < -0.3 is 10.2 Å². The predicted octanol–water partition coefficient (Wildman–Crippen LogP) is 2.20. The van der Waals surface area contributed by atoms with Gasteiger partial charge >= 0.3 is 0 Å². The Bertz CT molecular complexity index is 607. The van der Waals surface area contributed by atoms with E-state index in [0.29, 0.717) is 6.54 Å². The second-order valence-electron chi connectivity index (χ2n) is 7.55. The van der Waals surface area contributed by atoms with Crippen LogP contribution in [-0.4, -0.2) is 47.9 Å². The Balaban J connectivity index is 2.01. The first-order valence-corrected chi connectivity index (χ1v) is 8.64. The van der Waals surface area contributed by atoms with Crippen molar-refractivity contribution in [2.75, 3.05) is 24.5 Å². The van der Waals surface area contributed by atoms with Crippen LogP contribution in [0, 0.1) is 0 Å². The van der Waals surface area contributed by atoms with Gasteiger partial charge in [0.1, 0.15) is 0 Å². The summed E-state index contributed by atoms with van der Waals surface area (Å²) in [5.41, 5.74) is 1.96. The van der Waals surface area contributed by atoms with Crippen LogP contribution in [0.1, 0.15) is 40.2 Å². The minimum Gasteiger partial charge on any atom is -0.350 e. The van der Waals surface area contributed by atoms with Crippen LogP contribution < -0.4 is 10.2 Å². The number of anilines is 1. The summed E-state index contributed by atoms with van der Waals surface area (Å²) in [5.74, 6) is 0.00452. The van der Waals surface area contributed by atoms with Gasteiger partial charge in [0.2, 0.25) is 11.8 Å². The number of carbonyl (C=O) groups excluding carboxylic acids is 2. The summed E-state index contributed by atoms with van der Waals surface area (Å²) >= 11 is 0. The van der Waals surface area contributed by atoms with Crippen LogP contribution in [0.5, 0.6) is 0 Å². The van der Waals surface area contributed by atoms with Gasteiger partial charge in [0, 0.05) is 17.3 Å². The Hall–Kier alpha value is -1.88. The molecule has 1 heterocycles. The normalized spacial score (nSPS) is 17.1. The van der Waals surface area contributed by atoms with E-state index in [2.05, 4.69) is 18.3 Å². The first kappa shape index (κ1) is 18.5. The molecule has 2 amide bonds. The molecular weight excluding hydrogens is 302 g/mol. The highest BCUT2D eigenvalue weighted by atomic mass is 16.2. The highest BCUT2D eigenvalue weighted by Gasteiger charge is 2.31. The van der Waals surface area contributed by atoms with Crippen LogP contribution in [-0.2, 0) is 16.0 Å². The molecule has 1 N–H and O–H groups in total. The zero-order valence-corrected chi connectivity index (χ0v) is 15.4. The first-order valence-electron chi connectivity index (χ1n) is 8.64. The number of nitrogens with one attached hydrogen (secondary N) is 1. The number of carbonyl (C=O) groups is 2. The third-order valence-corrected chi connectivity index (χ3v) is 4.16. The molecule has 0 radical (unpaired) electrons. The van der Waals surface area contributed by atoms with Gasteiger partial charge in [-0.1, -0.05) is 25.1 Å². The second-order valence-corrected chi connectivity index (χ2v) is 7.55. The van der Waals surface area contributed by atoms with Crippen molar-refractivity contribution in [3.63, 3.8) is 0 Å². The maximum absolute atomic E-state index is 12.8. The van der Waals surface area contributed by atoms with Crippen LogP contribution in [0.15, 0.2) is 24.3 Å². The number of para-hydroxylation sites is 1. The monoisotopic (exact) mass is 331 g/mol. The van der Waals surface area contributed by atoms with E-state index in [0.717, 1.165) is 12.1 Å². The number of rotatable bonds is 5. The second kappa shape index (κ2) is 7.34. The average molecular weight is 331 g/mol. The van der Waals surface area contributed by atoms with Gasteiger partial charge in [0.15, 0.2) is 0 Å². The minimum atomic E-state index is -0.261. The van der Waals surface area contributed by atoms with E-state index in [1.807, 2.05) is 55.7 Å². The van der Waals surface area contributed by atoms with Crippen molar-refractivity contribution in [1.29, 1.82) is 0 Å². The quantitative estimate of drug-likeness (QED) is 0.900. The Morgan fingerprint density at radius 3 is 2.54 bits per heavy atom. The van der Waals surface area contributed by atoms with Crippen molar-refractivity contribution in [2.24, 2.45) is 0 Å². The zero-order valence-electron chi connectivity index (χ0n) is 15.4. The Labute approximate surface area is 145 Å². The Kier molecular flexibility index (Phi) is 5.65. The van der Waals surface area contributed by atoms with Gasteiger partial charge in [-0.05, 0) is 52.3 Å². The zero-order chi connectivity index (χ0) is 17.9. The lowest BCUT2D eigenvalue weighted by Gasteiger charge is -2.28. The molecule has 1 atom stereocenters. The molecule has 0 aliphatic carbocycles. The van der Waals surface area contributed by atoms with Crippen molar-refractivity contribution in [3.05, 3.63) is 29.8 Å². The van der Waals surface area contributed by atoms with Gasteiger partial charge in [0.05, 0.1) is 13.1 Å². The van der Waals surface area contributed by atoms with Crippen molar-refractivity contribution < 1.29 is 9.59 Å². The molecule has 1 aliphatic heterocycles. The van der Waals surface area contributed by atoms with Gasteiger partial charge in [-0.15, -0.1) is 0 Å². The van der Waals surface area contributed by atoms with Gasteiger partial charge in [-0.25, -0.2) is 0 Å². The highest BCUT2D eigenvalue weighted by Crippen LogP contribution is 2.31. The third-order valence-electron chi connectivity index (χ3n) is 4.16. The molecule has 5 nitrogen and oxygen atoms in total.